The standard InChI is InChI=1S/C25H30FN5O/c1-16-8-11-19(26)14-18(16)15-27-24(32)17-9-12-20(13-10-17)28-25-29-22-7-5-4-6-21(22)23(30-25)31(2)3/h4-8,11,14,17,20H,9-10,12-13,15H2,1-3H3,(H,27,32)(H,28,29,30)/t17-,20+. The molecule has 32 heavy (non-hydrogen) atoms. The zero-order chi connectivity index (χ0) is 22.7. The van der Waals surface area contributed by atoms with Crippen LogP contribution in [0.4, 0.5) is 16.2 Å². The molecule has 0 saturated heterocycles. The molecule has 2 N–H and O–H groups in total. The van der Waals surface area contributed by atoms with Gasteiger partial charge in [0, 0.05) is 38.0 Å². The second-order valence-electron chi connectivity index (χ2n) is 8.76. The van der Waals surface area contributed by atoms with E-state index in [9.17, 15) is 9.18 Å². The summed E-state index contributed by atoms with van der Waals surface area (Å²) < 4.78 is 13.5. The molecule has 0 atom stereocenters. The lowest BCUT2D eigenvalue weighted by Gasteiger charge is -2.29. The van der Waals surface area contributed by atoms with Crippen molar-refractivity contribution in [3.05, 3.63) is 59.4 Å². The van der Waals surface area contributed by atoms with Gasteiger partial charge in [0.05, 0.1) is 5.52 Å². The number of fused-ring (bicyclic) bond motifs is 1. The third-order valence-corrected chi connectivity index (χ3v) is 6.20. The molecular formula is C25H30FN5O. The predicted molar refractivity (Wildman–Crippen MR) is 126 cm³/mol. The summed E-state index contributed by atoms with van der Waals surface area (Å²) >= 11 is 0. The van der Waals surface area contributed by atoms with Gasteiger partial charge in [-0.2, -0.15) is 4.98 Å². The van der Waals surface area contributed by atoms with Crippen molar-refractivity contribution in [1.29, 1.82) is 0 Å². The average molecular weight is 436 g/mol. The van der Waals surface area contributed by atoms with E-state index < -0.39 is 0 Å². The highest BCUT2D eigenvalue weighted by Crippen LogP contribution is 2.28. The highest BCUT2D eigenvalue weighted by Gasteiger charge is 2.27. The normalized spacial score (nSPS) is 18.4. The minimum absolute atomic E-state index is 0.0169. The first-order chi connectivity index (χ1) is 15.4. The van der Waals surface area contributed by atoms with Gasteiger partial charge in [-0.05, 0) is 68.0 Å². The Labute approximate surface area is 188 Å². The van der Waals surface area contributed by atoms with Crippen LogP contribution in [0.1, 0.15) is 36.8 Å². The number of para-hydroxylation sites is 1. The number of aryl methyl sites for hydroxylation is 1. The van der Waals surface area contributed by atoms with E-state index in [2.05, 4.69) is 15.6 Å². The lowest BCUT2D eigenvalue weighted by Crippen LogP contribution is -2.36. The first-order valence-corrected chi connectivity index (χ1v) is 11.1. The molecule has 0 bridgehead atoms. The van der Waals surface area contributed by atoms with Crippen molar-refractivity contribution < 1.29 is 9.18 Å². The number of halogens is 1. The largest absolute Gasteiger partial charge is 0.362 e. The number of benzene rings is 2. The van der Waals surface area contributed by atoms with E-state index in [1.807, 2.05) is 50.2 Å². The van der Waals surface area contributed by atoms with Gasteiger partial charge in [0.15, 0.2) is 0 Å². The van der Waals surface area contributed by atoms with Gasteiger partial charge >= 0.3 is 0 Å². The molecule has 6 nitrogen and oxygen atoms in total. The summed E-state index contributed by atoms with van der Waals surface area (Å²) in [6.45, 7) is 2.28. The number of nitrogens with one attached hydrogen (secondary N) is 2. The number of nitrogens with zero attached hydrogens (tertiary/aromatic N) is 3. The topological polar surface area (TPSA) is 70.2 Å². The highest BCUT2D eigenvalue weighted by molar-refractivity contribution is 5.90. The molecule has 1 saturated carbocycles. The molecule has 1 aliphatic carbocycles. The molecule has 0 unspecified atom stereocenters. The Kier molecular flexibility index (Phi) is 6.53. The summed E-state index contributed by atoms with van der Waals surface area (Å²) in [6, 6.07) is 12.9. The van der Waals surface area contributed by atoms with E-state index in [1.165, 1.54) is 12.1 Å². The molecule has 0 radical (unpaired) electrons. The van der Waals surface area contributed by atoms with Crippen LogP contribution in [0.3, 0.4) is 0 Å². The van der Waals surface area contributed by atoms with Crippen LogP contribution in [0.2, 0.25) is 0 Å². The molecule has 1 fully saturated rings. The van der Waals surface area contributed by atoms with Gasteiger partial charge in [0.25, 0.3) is 0 Å². The van der Waals surface area contributed by atoms with Crippen molar-refractivity contribution in [2.24, 2.45) is 5.92 Å². The summed E-state index contributed by atoms with van der Waals surface area (Å²) in [5, 5.41) is 7.49. The molecule has 0 spiro atoms. The zero-order valence-corrected chi connectivity index (χ0v) is 18.9. The van der Waals surface area contributed by atoms with Gasteiger partial charge in [0.1, 0.15) is 11.6 Å². The second-order valence-corrected chi connectivity index (χ2v) is 8.76. The average Bonchev–Trinajstić information content (AvgIpc) is 2.79. The van der Waals surface area contributed by atoms with Crippen molar-refractivity contribution in [2.45, 2.75) is 45.2 Å². The number of anilines is 2. The summed E-state index contributed by atoms with van der Waals surface area (Å²) in [4.78, 5) is 24.0. The van der Waals surface area contributed by atoms with Crippen LogP contribution in [0.5, 0.6) is 0 Å². The van der Waals surface area contributed by atoms with Crippen molar-refractivity contribution >= 4 is 28.6 Å². The fourth-order valence-electron chi connectivity index (χ4n) is 4.30. The van der Waals surface area contributed by atoms with E-state index in [0.29, 0.717) is 12.5 Å². The Hall–Kier alpha value is -3.22. The van der Waals surface area contributed by atoms with E-state index in [-0.39, 0.29) is 23.7 Å². The van der Waals surface area contributed by atoms with Crippen LogP contribution in [-0.2, 0) is 11.3 Å². The number of aromatic nitrogens is 2. The first-order valence-electron chi connectivity index (χ1n) is 11.1. The molecule has 3 aromatic rings. The van der Waals surface area contributed by atoms with Crippen LogP contribution in [0.25, 0.3) is 10.9 Å². The van der Waals surface area contributed by atoms with E-state index in [1.54, 1.807) is 6.07 Å². The number of hydrogen-bond donors (Lipinski definition) is 2. The maximum Gasteiger partial charge on any atom is 0.225 e. The fourth-order valence-corrected chi connectivity index (χ4v) is 4.30. The van der Waals surface area contributed by atoms with E-state index in [4.69, 9.17) is 4.98 Å². The number of amides is 1. The fraction of sp³-hybridized carbons (Fsp3) is 0.400. The molecule has 1 amide bonds. The van der Waals surface area contributed by atoms with Crippen molar-refractivity contribution in [1.82, 2.24) is 15.3 Å². The predicted octanol–water partition coefficient (Wildman–Crippen LogP) is 4.43. The van der Waals surface area contributed by atoms with Crippen molar-refractivity contribution in [3.8, 4) is 0 Å². The summed E-state index contributed by atoms with van der Waals surface area (Å²) in [5.41, 5.74) is 2.71. The van der Waals surface area contributed by atoms with Gasteiger partial charge in [-0.25, -0.2) is 9.37 Å². The van der Waals surface area contributed by atoms with Crippen LogP contribution in [0.15, 0.2) is 42.5 Å². The molecule has 4 rings (SSSR count). The molecule has 1 aromatic heterocycles. The van der Waals surface area contributed by atoms with Gasteiger partial charge < -0.3 is 15.5 Å². The molecule has 2 aromatic carbocycles. The number of carbonyl (C=O) groups excluding carboxylic acids is 1. The smallest absolute Gasteiger partial charge is 0.225 e. The molecule has 168 valence electrons. The number of rotatable bonds is 6. The lowest BCUT2D eigenvalue weighted by atomic mass is 9.85. The maximum atomic E-state index is 13.5. The monoisotopic (exact) mass is 435 g/mol. The third kappa shape index (κ3) is 4.98. The van der Waals surface area contributed by atoms with Crippen LogP contribution < -0.4 is 15.5 Å². The Morgan fingerprint density at radius 1 is 1.09 bits per heavy atom. The number of hydrogen-bond acceptors (Lipinski definition) is 5. The van der Waals surface area contributed by atoms with E-state index >= 15 is 0 Å². The Morgan fingerprint density at radius 2 is 1.84 bits per heavy atom. The minimum Gasteiger partial charge on any atom is -0.362 e. The van der Waals surface area contributed by atoms with Crippen molar-refractivity contribution in [3.63, 3.8) is 0 Å². The first kappa shape index (κ1) is 22.0. The minimum atomic E-state index is -0.278. The van der Waals surface area contributed by atoms with Crippen LogP contribution in [0, 0.1) is 18.7 Å². The van der Waals surface area contributed by atoms with Gasteiger partial charge in [-0.3, -0.25) is 4.79 Å². The van der Waals surface area contributed by atoms with Gasteiger partial charge in [-0.1, -0.05) is 18.2 Å². The molecule has 1 aliphatic rings. The second kappa shape index (κ2) is 9.51. The van der Waals surface area contributed by atoms with Gasteiger partial charge in [0.2, 0.25) is 11.9 Å². The van der Waals surface area contributed by atoms with E-state index in [0.717, 1.165) is 53.5 Å². The van der Waals surface area contributed by atoms with Gasteiger partial charge in [-0.15, -0.1) is 0 Å². The Bertz CT molecular complexity index is 1110. The van der Waals surface area contributed by atoms with Crippen LogP contribution >= 0.6 is 0 Å². The van der Waals surface area contributed by atoms with Crippen LogP contribution in [-0.4, -0.2) is 36.0 Å². The zero-order valence-electron chi connectivity index (χ0n) is 18.9. The third-order valence-electron chi connectivity index (χ3n) is 6.20. The summed E-state index contributed by atoms with van der Waals surface area (Å²) in [5.74, 6) is 1.26. The molecule has 1 heterocycles. The summed E-state index contributed by atoms with van der Waals surface area (Å²) in [7, 11) is 3.96. The molecule has 0 aliphatic heterocycles. The number of carbonyl (C=O) groups is 1. The Morgan fingerprint density at radius 3 is 2.59 bits per heavy atom. The molecule has 7 heteroatoms. The Balaban J connectivity index is 1.34. The lowest BCUT2D eigenvalue weighted by molar-refractivity contribution is -0.126. The van der Waals surface area contributed by atoms with Crippen molar-refractivity contribution in [2.75, 3.05) is 24.3 Å². The quantitative estimate of drug-likeness (QED) is 0.599. The molecular weight excluding hydrogens is 405 g/mol. The maximum absolute atomic E-state index is 13.5. The highest BCUT2D eigenvalue weighted by atomic mass is 19.1. The SMILES string of the molecule is Cc1ccc(F)cc1CNC(=O)[C@H]1CC[C@@H](Nc2nc(N(C)C)c3ccccc3n2)CC1. The summed E-state index contributed by atoms with van der Waals surface area (Å²) in [6.07, 6.45) is 3.37.